The third kappa shape index (κ3) is 5.63. The molecule has 3 aromatic rings. The Balaban J connectivity index is 1.59. The number of nitrogens with one attached hydrogen (secondary N) is 1. The number of rotatable bonds is 9. The molecule has 238 valence electrons. The summed E-state index contributed by atoms with van der Waals surface area (Å²) in [6.45, 7) is -0.704. The fourth-order valence-electron chi connectivity index (χ4n) is 4.80. The molecule has 0 saturated heterocycles. The molecule has 1 aliphatic heterocycles. The highest BCUT2D eigenvalue weighted by Gasteiger charge is 2.58. The van der Waals surface area contributed by atoms with Gasteiger partial charge in [-0.25, -0.2) is 13.8 Å². The van der Waals surface area contributed by atoms with Crippen molar-refractivity contribution >= 4 is 23.7 Å². The lowest BCUT2D eigenvalue weighted by molar-refractivity contribution is -0.265. The van der Waals surface area contributed by atoms with Crippen LogP contribution < -0.4 is 26.3 Å². The molecule has 2 atom stereocenters. The van der Waals surface area contributed by atoms with E-state index in [1.165, 1.54) is 32.4 Å². The quantitative estimate of drug-likeness (QED) is 0.159. The number of pyridine rings is 1. The number of anilines is 1. The van der Waals surface area contributed by atoms with Gasteiger partial charge in [0, 0.05) is 22.9 Å². The van der Waals surface area contributed by atoms with Gasteiger partial charge < -0.3 is 31.4 Å². The number of carbonyl (C=O) groups excluding carboxylic acids is 2. The molecule has 15 heteroatoms. The number of fused-ring (bicyclic) bond motifs is 1. The minimum Gasteiger partial charge on any atom is -0.495 e. The Bertz CT molecular complexity index is 1710. The standard InChI is InChI=1S/C30H28F5N5O5/c1-28(27(37)42)13-45-25-17(28)10-21(40-24(25)22-18(31)4-3-5-19(22)32)29(43,30(33,34)35)12-39-26(41)14-8-15(11-38-16-6-7-16)23(36)20(9-14)44-2/h3-5,8-11,16,43H,6-7,12-13,36H2,1-2H3,(H2,37,42)(H,39,41)/t28-,29-/m0/s1. The largest absolute Gasteiger partial charge is 0.495 e. The van der Waals surface area contributed by atoms with Crippen molar-refractivity contribution in [3.05, 3.63) is 70.4 Å². The molecule has 2 aliphatic rings. The van der Waals surface area contributed by atoms with Crippen LogP contribution in [0.2, 0.25) is 0 Å². The van der Waals surface area contributed by atoms with E-state index in [-0.39, 0.29) is 34.4 Å². The summed E-state index contributed by atoms with van der Waals surface area (Å²) in [5.41, 5.74) is 3.17. The van der Waals surface area contributed by atoms with E-state index in [0.717, 1.165) is 37.1 Å². The average Bonchev–Trinajstić information content (AvgIpc) is 3.75. The van der Waals surface area contributed by atoms with Crippen LogP contribution in [-0.2, 0) is 15.8 Å². The number of hydrogen-bond donors (Lipinski definition) is 4. The molecular formula is C30H28F5N5O5. The van der Waals surface area contributed by atoms with Crippen molar-refractivity contribution in [2.75, 3.05) is 26.0 Å². The normalized spacial score (nSPS) is 19.1. The fraction of sp³-hybridized carbons (Fsp3) is 0.333. The SMILES string of the molecule is COc1cc(C(=O)NC[C@](O)(c2cc3c(c(-c4c(F)cccc4F)n2)OC[C@]3(C)C(N)=O)C(F)(F)F)cc(C=NC2CC2)c1N. The summed E-state index contributed by atoms with van der Waals surface area (Å²) in [4.78, 5) is 33.7. The third-order valence-corrected chi connectivity index (χ3v) is 7.84. The molecular weight excluding hydrogens is 605 g/mol. The van der Waals surface area contributed by atoms with Gasteiger partial charge in [0.1, 0.15) is 40.8 Å². The van der Waals surface area contributed by atoms with Crippen LogP contribution in [0.1, 0.15) is 46.9 Å². The van der Waals surface area contributed by atoms with E-state index in [1.54, 1.807) is 0 Å². The van der Waals surface area contributed by atoms with Gasteiger partial charge in [-0.05, 0) is 50.1 Å². The van der Waals surface area contributed by atoms with Crippen molar-refractivity contribution in [3.63, 3.8) is 0 Å². The van der Waals surface area contributed by atoms with Crippen LogP contribution in [0.15, 0.2) is 41.4 Å². The van der Waals surface area contributed by atoms with Crippen molar-refractivity contribution < 1.29 is 46.1 Å². The van der Waals surface area contributed by atoms with Gasteiger partial charge in [0.05, 0.1) is 36.6 Å². The Labute approximate surface area is 253 Å². The number of halogens is 5. The molecule has 1 saturated carbocycles. The van der Waals surface area contributed by atoms with Gasteiger partial charge in [-0.1, -0.05) is 6.07 Å². The van der Waals surface area contributed by atoms with Crippen molar-refractivity contribution in [2.45, 2.75) is 43.0 Å². The zero-order chi connectivity index (χ0) is 32.9. The van der Waals surface area contributed by atoms with Crippen LogP contribution in [0.3, 0.4) is 0 Å². The number of aliphatic hydroxyl groups is 1. The van der Waals surface area contributed by atoms with Gasteiger partial charge in [0.25, 0.3) is 5.91 Å². The first-order valence-electron chi connectivity index (χ1n) is 13.6. The molecule has 6 N–H and O–H groups in total. The molecule has 5 rings (SSSR count). The molecule has 2 amide bonds. The first-order chi connectivity index (χ1) is 21.1. The van der Waals surface area contributed by atoms with Crippen LogP contribution in [0.25, 0.3) is 11.3 Å². The predicted octanol–water partition coefficient (Wildman–Crippen LogP) is 3.51. The van der Waals surface area contributed by atoms with Crippen molar-refractivity contribution in [3.8, 4) is 22.8 Å². The molecule has 0 bridgehead atoms. The number of nitrogens with zero attached hydrogens (tertiary/aromatic N) is 2. The second-order valence-corrected chi connectivity index (χ2v) is 11.0. The van der Waals surface area contributed by atoms with Gasteiger partial charge in [0.2, 0.25) is 11.5 Å². The molecule has 45 heavy (non-hydrogen) atoms. The number of amides is 2. The van der Waals surface area contributed by atoms with E-state index in [4.69, 9.17) is 20.9 Å². The smallest absolute Gasteiger partial charge is 0.424 e. The van der Waals surface area contributed by atoms with E-state index in [9.17, 15) is 36.6 Å². The topological polar surface area (TPSA) is 162 Å². The Kier molecular flexibility index (Phi) is 7.93. The number of primary amides is 1. The van der Waals surface area contributed by atoms with Gasteiger partial charge in [-0.3, -0.25) is 14.6 Å². The van der Waals surface area contributed by atoms with Crippen molar-refractivity contribution in [2.24, 2.45) is 10.7 Å². The van der Waals surface area contributed by atoms with E-state index in [2.05, 4.69) is 15.3 Å². The highest BCUT2D eigenvalue weighted by molar-refractivity contribution is 5.99. The Morgan fingerprint density at radius 1 is 1.22 bits per heavy atom. The number of ether oxygens (including phenoxy) is 2. The molecule has 1 aromatic heterocycles. The maximum atomic E-state index is 14.9. The monoisotopic (exact) mass is 633 g/mol. The average molecular weight is 634 g/mol. The zero-order valence-electron chi connectivity index (χ0n) is 24.0. The van der Waals surface area contributed by atoms with E-state index in [1.807, 2.05) is 0 Å². The Morgan fingerprint density at radius 3 is 2.47 bits per heavy atom. The second-order valence-electron chi connectivity index (χ2n) is 11.0. The number of methoxy groups -OCH3 is 1. The lowest BCUT2D eigenvalue weighted by atomic mass is 9.81. The van der Waals surface area contributed by atoms with Crippen LogP contribution in [-0.4, -0.2) is 60.6 Å². The van der Waals surface area contributed by atoms with E-state index >= 15 is 0 Å². The highest BCUT2D eigenvalue weighted by Crippen LogP contribution is 2.48. The number of nitrogens with two attached hydrogens (primary N) is 2. The Hall–Kier alpha value is -4.79. The number of aliphatic imine (C=N–C) groups is 1. The summed E-state index contributed by atoms with van der Waals surface area (Å²) < 4.78 is 84.6. The minimum atomic E-state index is -5.50. The van der Waals surface area contributed by atoms with Crippen LogP contribution in [0.4, 0.5) is 27.6 Å². The first-order valence-corrected chi connectivity index (χ1v) is 13.6. The molecule has 0 spiro atoms. The zero-order valence-corrected chi connectivity index (χ0v) is 24.0. The van der Waals surface area contributed by atoms with Crippen molar-refractivity contribution in [1.29, 1.82) is 0 Å². The first kappa shape index (κ1) is 31.6. The molecule has 1 fully saturated rings. The number of benzene rings is 2. The summed E-state index contributed by atoms with van der Waals surface area (Å²) in [5, 5.41) is 13.3. The van der Waals surface area contributed by atoms with Gasteiger partial charge in [0.15, 0.2) is 0 Å². The van der Waals surface area contributed by atoms with E-state index < -0.39 is 70.7 Å². The van der Waals surface area contributed by atoms with Gasteiger partial charge in [-0.2, -0.15) is 13.2 Å². The predicted molar refractivity (Wildman–Crippen MR) is 152 cm³/mol. The molecule has 10 nitrogen and oxygen atoms in total. The number of nitrogen functional groups attached to an aromatic ring is 1. The summed E-state index contributed by atoms with van der Waals surface area (Å²) in [6, 6.07) is 6.07. The third-order valence-electron chi connectivity index (χ3n) is 7.84. The van der Waals surface area contributed by atoms with Crippen LogP contribution in [0, 0.1) is 11.6 Å². The maximum Gasteiger partial charge on any atom is 0.424 e. The maximum absolute atomic E-state index is 14.9. The summed E-state index contributed by atoms with van der Waals surface area (Å²) in [7, 11) is 1.29. The number of aromatic nitrogens is 1. The summed E-state index contributed by atoms with van der Waals surface area (Å²) >= 11 is 0. The fourth-order valence-corrected chi connectivity index (χ4v) is 4.80. The highest BCUT2D eigenvalue weighted by atomic mass is 19.4. The summed E-state index contributed by atoms with van der Waals surface area (Å²) in [6.07, 6.45) is -2.29. The second kappa shape index (κ2) is 11.3. The van der Waals surface area contributed by atoms with Crippen LogP contribution in [0.5, 0.6) is 11.5 Å². The molecule has 2 heterocycles. The number of carbonyl (C=O) groups is 2. The summed E-state index contributed by atoms with van der Waals surface area (Å²) in [5.74, 6) is -4.77. The number of alkyl halides is 3. The van der Waals surface area contributed by atoms with E-state index in [0.29, 0.717) is 5.56 Å². The lowest BCUT2D eigenvalue weighted by Crippen LogP contribution is -2.51. The number of hydrogen-bond acceptors (Lipinski definition) is 8. The molecule has 0 radical (unpaired) electrons. The molecule has 0 unspecified atom stereocenters. The van der Waals surface area contributed by atoms with Gasteiger partial charge >= 0.3 is 6.18 Å². The van der Waals surface area contributed by atoms with Crippen molar-refractivity contribution in [1.82, 2.24) is 10.3 Å². The molecule has 2 aromatic carbocycles. The van der Waals surface area contributed by atoms with Crippen LogP contribution >= 0.6 is 0 Å². The lowest BCUT2D eigenvalue weighted by Gasteiger charge is -2.31. The minimum absolute atomic E-state index is 0.0635. The van der Waals surface area contributed by atoms with Gasteiger partial charge in [-0.15, -0.1) is 0 Å². The Morgan fingerprint density at radius 2 is 1.89 bits per heavy atom. The molecule has 1 aliphatic carbocycles.